The number of amides is 1. The van der Waals surface area contributed by atoms with Gasteiger partial charge in [-0.1, -0.05) is 36.5 Å². The lowest BCUT2D eigenvalue weighted by Gasteiger charge is -2.15. The van der Waals surface area contributed by atoms with Gasteiger partial charge in [0.2, 0.25) is 0 Å². The Morgan fingerprint density at radius 2 is 1.95 bits per heavy atom. The summed E-state index contributed by atoms with van der Waals surface area (Å²) in [6.07, 6.45) is 1.55. The summed E-state index contributed by atoms with van der Waals surface area (Å²) in [6.45, 7) is 3.70. The van der Waals surface area contributed by atoms with Crippen LogP contribution in [0.2, 0.25) is 10.0 Å². The number of halogens is 4. The van der Waals surface area contributed by atoms with E-state index >= 15 is 0 Å². The molecule has 0 aromatic heterocycles. The van der Waals surface area contributed by atoms with Crippen LogP contribution in [0.5, 0.6) is 0 Å². The number of rotatable bonds is 5. The normalized spacial score (nSPS) is 13.0. The third-order valence-electron chi connectivity index (χ3n) is 2.70. The maximum absolute atomic E-state index is 13.7. The number of hydrogen-bond donors (Lipinski definition) is 1. The van der Waals surface area contributed by atoms with Gasteiger partial charge in [-0.25, -0.2) is 12.8 Å². The van der Waals surface area contributed by atoms with Crippen molar-refractivity contribution in [2.24, 2.45) is 0 Å². The number of nitrogens with one attached hydrogen (secondary N) is 1. The minimum atomic E-state index is -4.39. The number of hydrogen-bond acceptors (Lipinski definition) is 3. The zero-order valence-corrected chi connectivity index (χ0v) is 14.3. The van der Waals surface area contributed by atoms with E-state index in [0.29, 0.717) is 6.42 Å². The van der Waals surface area contributed by atoms with E-state index in [1.54, 1.807) is 6.92 Å². The van der Waals surface area contributed by atoms with Gasteiger partial charge in [0, 0.05) is 16.7 Å². The Labute approximate surface area is 137 Å². The van der Waals surface area contributed by atoms with E-state index in [0.717, 1.165) is 12.5 Å². The molecule has 1 aromatic rings. The molecule has 0 saturated heterocycles. The molecule has 1 N–H and O–H groups in total. The fourth-order valence-electron chi connectivity index (χ4n) is 1.77. The lowest BCUT2D eigenvalue weighted by molar-refractivity contribution is 0.0938. The zero-order valence-electron chi connectivity index (χ0n) is 11.2. The molecule has 0 aliphatic carbocycles. The first kappa shape index (κ1) is 18.5. The van der Waals surface area contributed by atoms with Crippen molar-refractivity contribution in [1.82, 2.24) is 5.32 Å². The molecule has 0 aliphatic rings. The smallest absolute Gasteiger partial charge is 0.264 e. The van der Waals surface area contributed by atoms with E-state index in [-0.39, 0.29) is 11.6 Å². The van der Waals surface area contributed by atoms with Gasteiger partial charge in [0.15, 0.2) is 0 Å². The summed E-state index contributed by atoms with van der Waals surface area (Å²) < 4.78 is 36.6. The predicted octanol–water partition coefficient (Wildman–Crippen LogP) is 3.98. The highest BCUT2D eigenvalue weighted by Crippen LogP contribution is 2.36. The summed E-state index contributed by atoms with van der Waals surface area (Å²) in [4.78, 5) is 11.2. The largest absolute Gasteiger partial charge is 0.350 e. The summed E-state index contributed by atoms with van der Waals surface area (Å²) in [5.41, 5.74) is -0.333. The van der Waals surface area contributed by atoms with Crippen molar-refractivity contribution in [2.75, 3.05) is 0 Å². The number of carbonyl (C=O) groups is 1. The van der Waals surface area contributed by atoms with Gasteiger partial charge >= 0.3 is 0 Å². The van der Waals surface area contributed by atoms with Gasteiger partial charge in [0.1, 0.15) is 10.7 Å². The molecule has 0 saturated carbocycles. The molecule has 0 aliphatic heterocycles. The molecule has 0 spiro atoms. The monoisotopic (exact) mass is 375 g/mol. The second-order valence-corrected chi connectivity index (χ2v) is 7.72. The first-order chi connectivity index (χ1) is 9.59. The van der Waals surface area contributed by atoms with Crippen molar-refractivity contribution in [1.29, 1.82) is 0 Å². The van der Waals surface area contributed by atoms with Crippen LogP contribution in [-0.2, 0) is 9.05 Å². The van der Waals surface area contributed by atoms with E-state index in [2.05, 4.69) is 5.32 Å². The number of benzene rings is 1. The third kappa shape index (κ3) is 4.45. The van der Waals surface area contributed by atoms with E-state index in [4.69, 9.17) is 33.9 Å². The SMILES string of the molecule is CCCC(C)NC(=O)c1cc(F)c(Cl)c(S(=O)(=O)Cl)c1Cl. The van der Waals surface area contributed by atoms with Gasteiger partial charge in [-0.3, -0.25) is 4.79 Å². The van der Waals surface area contributed by atoms with Crippen LogP contribution < -0.4 is 5.32 Å². The van der Waals surface area contributed by atoms with Crippen LogP contribution in [-0.4, -0.2) is 20.4 Å². The standard InChI is InChI=1S/C12H13Cl3FNO3S/c1-3-4-6(2)17-12(18)7-5-8(16)10(14)11(9(7)13)21(15,19)20/h5-6H,3-4H2,1-2H3,(H,17,18). The molecule has 9 heteroatoms. The minimum Gasteiger partial charge on any atom is -0.350 e. The molecular weight excluding hydrogens is 364 g/mol. The maximum atomic E-state index is 13.7. The number of carbonyl (C=O) groups excluding carboxylic acids is 1. The molecule has 118 valence electrons. The van der Waals surface area contributed by atoms with Crippen LogP contribution >= 0.6 is 33.9 Å². The van der Waals surface area contributed by atoms with Crippen LogP contribution in [0.15, 0.2) is 11.0 Å². The minimum absolute atomic E-state index is 0.173. The molecular formula is C12H13Cl3FNO3S. The van der Waals surface area contributed by atoms with Crippen LogP contribution in [0.3, 0.4) is 0 Å². The molecule has 1 unspecified atom stereocenters. The molecule has 1 rings (SSSR count). The maximum Gasteiger partial charge on any atom is 0.264 e. The molecule has 1 aromatic carbocycles. The summed E-state index contributed by atoms with van der Waals surface area (Å²) >= 11 is 11.4. The summed E-state index contributed by atoms with van der Waals surface area (Å²) in [5.74, 6) is -1.79. The van der Waals surface area contributed by atoms with Crippen LogP contribution in [0.4, 0.5) is 4.39 Å². The van der Waals surface area contributed by atoms with Gasteiger partial charge in [0.25, 0.3) is 15.0 Å². The zero-order chi connectivity index (χ0) is 16.4. The lowest BCUT2D eigenvalue weighted by Crippen LogP contribution is -2.32. The van der Waals surface area contributed by atoms with Crippen molar-refractivity contribution >= 4 is 48.8 Å². The van der Waals surface area contributed by atoms with Gasteiger partial charge in [0.05, 0.1) is 15.6 Å². The average molecular weight is 377 g/mol. The summed E-state index contributed by atoms with van der Waals surface area (Å²) in [5, 5.41) is 1.35. The molecule has 4 nitrogen and oxygen atoms in total. The highest BCUT2D eigenvalue weighted by Gasteiger charge is 2.27. The van der Waals surface area contributed by atoms with Crippen molar-refractivity contribution in [2.45, 2.75) is 37.6 Å². The van der Waals surface area contributed by atoms with Gasteiger partial charge in [-0.15, -0.1) is 0 Å². The molecule has 0 radical (unpaired) electrons. The Morgan fingerprint density at radius 3 is 2.43 bits per heavy atom. The highest BCUT2D eigenvalue weighted by atomic mass is 35.7. The Bertz CT molecular complexity index is 664. The van der Waals surface area contributed by atoms with E-state index in [9.17, 15) is 17.6 Å². The van der Waals surface area contributed by atoms with Gasteiger partial charge in [-0.2, -0.15) is 0 Å². The van der Waals surface area contributed by atoms with Crippen molar-refractivity contribution in [3.05, 3.63) is 27.5 Å². The lowest BCUT2D eigenvalue weighted by atomic mass is 10.1. The second kappa shape index (κ2) is 7.13. The first-order valence-corrected chi connectivity index (χ1v) is 9.09. The summed E-state index contributed by atoms with van der Waals surface area (Å²) in [6, 6.07) is 0.609. The van der Waals surface area contributed by atoms with E-state index < -0.39 is 35.7 Å². The quantitative estimate of drug-likeness (QED) is 0.624. The fraction of sp³-hybridized carbons (Fsp3) is 0.417. The highest BCUT2D eigenvalue weighted by molar-refractivity contribution is 8.14. The van der Waals surface area contributed by atoms with E-state index in [1.807, 2.05) is 6.92 Å². The molecule has 1 amide bonds. The Kier molecular flexibility index (Phi) is 6.28. The fourth-order valence-corrected chi connectivity index (χ4v) is 4.14. The Balaban J connectivity index is 3.33. The van der Waals surface area contributed by atoms with Crippen LogP contribution in [0.1, 0.15) is 37.0 Å². The molecule has 1 atom stereocenters. The molecule has 0 fully saturated rings. The van der Waals surface area contributed by atoms with Gasteiger partial charge in [-0.05, 0) is 19.4 Å². The second-order valence-electron chi connectivity index (χ2n) is 4.46. The topological polar surface area (TPSA) is 63.2 Å². The van der Waals surface area contributed by atoms with Crippen molar-refractivity contribution in [3.8, 4) is 0 Å². The molecule has 0 heterocycles. The average Bonchev–Trinajstić information content (AvgIpc) is 2.32. The van der Waals surface area contributed by atoms with Crippen molar-refractivity contribution in [3.63, 3.8) is 0 Å². The first-order valence-electron chi connectivity index (χ1n) is 6.02. The predicted molar refractivity (Wildman–Crippen MR) is 81.3 cm³/mol. The Hall–Kier alpha value is -0.560. The van der Waals surface area contributed by atoms with E-state index in [1.165, 1.54) is 0 Å². The van der Waals surface area contributed by atoms with Gasteiger partial charge < -0.3 is 5.32 Å². The summed E-state index contributed by atoms with van der Waals surface area (Å²) in [7, 11) is 0.785. The van der Waals surface area contributed by atoms with Crippen LogP contribution in [0, 0.1) is 5.82 Å². The third-order valence-corrected chi connectivity index (χ3v) is 5.05. The van der Waals surface area contributed by atoms with Crippen molar-refractivity contribution < 1.29 is 17.6 Å². The molecule has 0 bridgehead atoms. The Morgan fingerprint density at radius 1 is 1.38 bits per heavy atom. The molecule has 21 heavy (non-hydrogen) atoms. The van der Waals surface area contributed by atoms with Crippen LogP contribution in [0.25, 0.3) is 0 Å².